The van der Waals surface area contributed by atoms with E-state index in [1.807, 2.05) is 0 Å². The van der Waals surface area contributed by atoms with Crippen molar-refractivity contribution in [2.24, 2.45) is 0 Å². The smallest absolute Gasteiger partial charge is 0.336 e. The average Bonchev–Trinajstić information content (AvgIpc) is 1.82. The van der Waals surface area contributed by atoms with Crippen molar-refractivity contribution < 1.29 is 24.9 Å². The van der Waals surface area contributed by atoms with Crippen LogP contribution in [-0.4, -0.2) is 33.4 Å². The number of aliphatic hydroxyl groups is 1. The Balaban J connectivity index is 3.89. The number of hydrogen-bond acceptors (Lipinski definition) is 3. The molecule has 0 fully saturated rings. The van der Waals surface area contributed by atoms with Gasteiger partial charge in [-0.1, -0.05) is 0 Å². The molecule has 0 aromatic rings. The Hall–Kier alpha value is -1.36. The molecule has 5 nitrogen and oxygen atoms in total. The lowest BCUT2D eigenvalue weighted by Gasteiger charge is -1.93. The lowest BCUT2D eigenvalue weighted by atomic mass is 10.3. The van der Waals surface area contributed by atoms with Crippen molar-refractivity contribution in [3.05, 3.63) is 12.2 Å². The molecular formula is C5H6O5. The Morgan fingerprint density at radius 2 is 1.80 bits per heavy atom. The molecule has 0 rings (SSSR count). The van der Waals surface area contributed by atoms with E-state index < -0.39 is 18.0 Å². The summed E-state index contributed by atoms with van der Waals surface area (Å²) < 4.78 is 0. The molecule has 0 aromatic heterocycles. The second-order valence-corrected chi connectivity index (χ2v) is 1.48. The van der Waals surface area contributed by atoms with E-state index in [0.717, 1.165) is 0 Å². The summed E-state index contributed by atoms with van der Waals surface area (Å²) in [6.07, 6.45) is -0.500. The molecule has 0 saturated carbocycles. The zero-order chi connectivity index (χ0) is 8.15. The van der Waals surface area contributed by atoms with Gasteiger partial charge >= 0.3 is 11.9 Å². The molecule has 0 aliphatic rings. The zero-order valence-corrected chi connectivity index (χ0v) is 4.89. The minimum atomic E-state index is -1.74. The van der Waals surface area contributed by atoms with Gasteiger partial charge in [0, 0.05) is 6.08 Å². The number of carboxylic acid groups (broad SMARTS) is 2. The minimum absolute atomic E-state index is 0.568. The highest BCUT2D eigenvalue weighted by atomic mass is 16.4. The SMILES string of the molecule is O=C(O)/C=C/C(O)C(=O)O. The fourth-order valence-corrected chi connectivity index (χ4v) is 0.256. The van der Waals surface area contributed by atoms with E-state index in [9.17, 15) is 9.59 Å². The van der Waals surface area contributed by atoms with Crippen molar-refractivity contribution >= 4 is 11.9 Å². The summed E-state index contributed by atoms with van der Waals surface area (Å²) in [4.78, 5) is 19.6. The third-order valence-corrected chi connectivity index (χ3v) is 0.674. The monoisotopic (exact) mass is 146 g/mol. The second-order valence-electron chi connectivity index (χ2n) is 1.48. The van der Waals surface area contributed by atoms with Crippen LogP contribution in [-0.2, 0) is 9.59 Å². The van der Waals surface area contributed by atoms with Crippen LogP contribution in [0.1, 0.15) is 0 Å². The molecule has 0 bridgehead atoms. The Bertz CT molecular complexity index is 171. The van der Waals surface area contributed by atoms with E-state index in [1.165, 1.54) is 0 Å². The van der Waals surface area contributed by atoms with E-state index in [4.69, 9.17) is 15.3 Å². The predicted octanol–water partition coefficient (Wildman–Crippen LogP) is -0.927. The number of hydrogen-bond donors (Lipinski definition) is 3. The van der Waals surface area contributed by atoms with Crippen molar-refractivity contribution in [1.29, 1.82) is 0 Å². The summed E-state index contributed by atoms with van der Waals surface area (Å²) in [5, 5.41) is 24.4. The lowest BCUT2D eigenvalue weighted by molar-refractivity contribution is -0.144. The molecule has 0 amide bonds. The van der Waals surface area contributed by atoms with Crippen LogP contribution in [0.4, 0.5) is 0 Å². The van der Waals surface area contributed by atoms with Crippen LogP contribution in [0.25, 0.3) is 0 Å². The highest BCUT2D eigenvalue weighted by Crippen LogP contribution is 1.84. The van der Waals surface area contributed by atoms with Gasteiger partial charge in [-0.2, -0.15) is 0 Å². The fraction of sp³-hybridized carbons (Fsp3) is 0.200. The molecule has 5 heteroatoms. The van der Waals surface area contributed by atoms with Gasteiger partial charge in [0.15, 0.2) is 6.10 Å². The van der Waals surface area contributed by atoms with Crippen LogP contribution < -0.4 is 0 Å². The first kappa shape index (κ1) is 8.64. The first-order valence-electron chi connectivity index (χ1n) is 2.36. The summed E-state index contributed by atoms with van der Waals surface area (Å²) in [6.45, 7) is 0. The highest BCUT2D eigenvalue weighted by Gasteiger charge is 2.07. The number of carbonyl (C=O) groups is 2. The highest BCUT2D eigenvalue weighted by molar-refractivity contribution is 5.82. The van der Waals surface area contributed by atoms with Crippen molar-refractivity contribution in [2.75, 3.05) is 0 Å². The summed E-state index contributed by atoms with van der Waals surface area (Å²) in [5.41, 5.74) is 0. The van der Waals surface area contributed by atoms with Crippen LogP contribution in [0.2, 0.25) is 0 Å². The fourth-order valence-electron chi connectivity index (χ4n) is 0.256. The molecule has 56 valence electrons. The third kappa shape index (κ3) is 3.62. The number of aliphatic carboxylic acids is 2. The summed E-state index contributed by atoms with van der Waals surface area (Å²) in [7, 11) is 0. The van der Waals surface area contributed by atoms with Crippen LogP contribution in [0.3, 0.4) is 0 Å². The normalized spacial score (nSPS) is 13.3. The first-order chi connectivity index (χ1) is 4.54. The zero-order valence-electron chi connectivity index (χ0n) is 4.89. The van der Waals surface area contributed by atoms with E-state index in [1.54, 1.807) is 0 Å². The van der Waals surface area contributed by atoms with Crippen LogP contribution >= 0.6 is 0 Å². The van der Waals surface area contributed by atoms with Crippen molar-refractivity contribution in [2.45, 2.75) is 6.10 Å². The van der Waals surface area contributed by atoms with Gasteiger partial charge in [-0.05, 0) is 6.08 Å². The molecule has 0 spiro atoms. The maximum atomic E-state index is 9.82. The van der Waals surface area contributed by atoms with Gasteiger partial charge in [0.1, 0.15) is 0 Å². The van der Waals surface area contributed by atoms with Gasteiger partial charge in [-0.25, -0.2) is 9.59 Å². The Morgan fingerprint density at radius 1 is 1.30 bits per heavy atom. The van der Waals surface area contributed by atoms with Crippen molar-refractivity contribution in [3.63, 3.8) is 0 Å². The van der Waals surface area contributed by atoms with Crippen LogP contribution in [0.5, 0.6) is 0 Å². The van der Waals surface area contributed by atoms with E-state index >= 15 is 0 Å². The number of carboxylic acids is 2. The molecule has 10 heavy (non-hydrogen) atoms. The average molecular weight is 146 g/mol. The number of aliphatic hydroxyl groups excluding tert-OH is 1. The lowest BCUT2D eigenvalue weighted by Crippen LogP contribution is -2.16. The second kappa shape index (κ2) is 3.62. The minimum Gasteiger partial charge on any atom is -0.479 e. The maximum absolute atomic E-state index is 9.82. The quantitative estimate of drug-likeness (QED) is 0.447. The maximum Gasteiger partial charge on any atom is 0.336 e. The molecular weight excluding hydrogens is 140 g/mol. The van der Waals surface area contributed by atoms with Gasteiger partial charge in [0.2, 0.25) is 0 Å². The Labute approximate surface area is 56.2 Å². The molecule has 0 aromatic carbocycles. The molecule has 1 unspecified atom stereocenters. The third-order valence-electron chi connectivity index (χ3n) is 0.674. The van der Waals surface area contributed by atoms with Crippen LogP contribution in [0, 0.1) is 0 Å². The van der Waals surface area contributed by atoms with Gasteiger partial charge < -0.3 is 15.3 Å². The van der Waals surface area contributed by atoms with Gasteiger partial charge in [0.05, 0.1) is 0 Å². The Kier molecular flexibility index (Phi) is 3.13. The Morgan fingerprint density at radius 3 is 2.10 bits per heavy atom. The molecule has 0 saturated heterocycles. The molecule has 0 aliphatic heterocycles. The van der Waals surface area contributed by atoms with Crippen molar-refractivity contribution in [1.82, 2.24) is 0 Å². The first-order valence-corrected chi connectivity index (χ1v) is 2.36. The molecule has 0 heterocycles. The van der Waals surface area contributed by atoms with E-state index in [-0.39, 0.29) is 0 Å². The van der Waals surface area contributed by atoms with E-state index in [0.29, 0.717) is 12.2 Å². The molecule has 0 aliphatic carbocycles. The topological polar surface area (TPSA) is 94.8 Å². The summed E-state index contributed by atoms with van der Waals surface area (Å²) in [5.74, 6) is -2.77. The molecule has 3 N–H and O–H groups in total. The predicted molar refractivity (Wildman–Crippen MR) is 30.4 cm³/mol. The molecule has 0 radical (unpaired) electrons. The largest absolute Gasteiger partial charge is 0.479 e. The summed E-state index contributed by atoms with van der Waals surface area (Å²) in [6, 6.07) is 0. The summed E-state index contributed by atoms with van der Waals surface area (Å²) >= 11 is 0. The van der Waals surface area contributed by atoms with Gasteiger partial charge in [-0.3, -0.25) is 0 Å². The molecule has 1 atom stereocenters. The standard InChI is InChI=1S/C5H6O5/c6-3(5(9)10)1-2-4(7)8/h1-3,6H,(H,7,8)(H,9,10)/b2-1+. The van der Waals surface area contributed by atoms with Gasteiger partial charge in [-0.15, -0.1) is 0 Å². The van der Waals surface area contributed by atoms with Crippen LogP contribution in [0.15, 0.2) is 12.2 Å². The van der Waals surface area contributed by atoms with E-state index in [2.05, 4.69) is 0 Å². The number of rotatable bonds is 3. The van der Waals surface area contributed by atoms with Crippen molar-refractivity contribution in [3.8, 4) is 0 Å². The van der Waals surface area contributed by atoms with Gasteiger partial charge in [0.25, 0.3) is 0 Å².